The van der Waals surface area contributed by atoms with E-state index >= 15 is 0 Å². The molecule has 2 heterocycles. The van der Waals surface area contributed by atoms with Crippen LogP contribution in [-0.2, 0) is 0 Å². The third-order valence-electron chi connectivity index (χ3n) is 4.17. The zero-order valence-electron chi connectivity index (χ0n) is 16.0. The number of carbonyl (C=O) groups is 1. The van der Waals surface area contributed by atoms with Crippen LogP contribution in [0.4, 0.5) is 17.2 Å². The minimum Gasteiger partial charge on any atom is -0.372 e. The summed E-state index contributed by atoms with van der Waals surface area (Å²) in [4.78, 5) is 23.4. The first-order chi connectivity index (χ1) is 12.3. The third kappa shape index (κ3) is 4.71. The van der Waals surface area contributed by atoms with E-state index in [1.54, 1.807) is 13.0 Å². The number of nitrogens with zero attached hydrogens (tertiary/aromatic N) is 3. The monoisotopic (exact) mass is 353 g/mol. The smallest absolute Gasteiger partial charge is 0.270 e. The Morgan fingerprint density at radius 3 is 2.35 bits per heavy atom. The van der Waals surface area contributed by atoms with Crippen molar-refractivity contribution >= 4 is 23.1 Å². The summed E-state index contributed by atoms with van der Waals surface area (Å²) < 4.78 is 0. The van der Waals surface area contributed by atoms with Gasteiger partial charge in [-0.1, -0.05) is 0 Å². The van der Waals surface area contributed by atoms with Gasteiger partial charge in [0.05, 0.1) is 0 Å². The van der Waals surface area contributed by atoms with Gasteiger partial charge in [0.1, 0.15) is 17.3 Å². The van der Waals surface area contributed by atoms with Gasteiger partial charge in [0.15, 0.2) is 0 Å². The lowest BCUT2D eigenvalue weighted by atomic mass is 10.1. The van der Waals surface area contributed by atoms with Gasteiger partial charge in [-0.25, -0.2) is 9.97 Å². The van der Waals surface area contributed by atoms with Gasteiger partial charge < -0.3 is 15.5 Å². The molecule has 1 aliphatic rings. The Balaban J connectivity index is 1.74. The maximum Gasteiger partial charge on any atom is 0.270 e. The molecule has 6 heteroatoms. The number of anilines is 3. The Labute approximate surface area is 155 Å². The number of amides is 1. The topological polar surface area (TPSA) is 70.2 Å². The van der Waals surface area contributed by atoms with E-state index in [1.165, 1.54) is 18.5 Å². The summed E-state index contributed by atoms with van der Waals surface area (Å²) in [5.74, 6) is 0.976. The number of hydrogen-bond donors (Lipinski definition) is 2. The van der Waals surface area contributed by atoms with E-state index in [-0.39, 0.29) is 11.4 Å². The molecule has 3 rings (SSSR count). The molecule has 0 radical (unpaired) electrons. The Kier molecular flexibility index (Phi) is 5.11. The molecule has 0 aliphatic carbocycles. The van der Waals surface area contributed by atoms with Gasteiger partial charge in [-0.3, -0.25) is 4.79 Å². The normalized spacial score (nSPS) is 14.4. The van der Waals surface area contributed by atoms with E-state index in [9.17, 15) is 4.79 Å². The summed E-state index contributed by atoms with van der Waals surface area (Å²) in [7, 11) is 0. The fraction of sp³-hybridized carbons (Fsp3) is 0.450. The molecule has 1 aromatic carbocycles. The molecule has 2 N–H and O–H groups in total. The van der Waals surface area contributed by atoms with E-state index in [0.717, 1.165) is 18.8 Å². The molecular formula is C20H27N5O. The molecule has 1 amide bonds. The lowest BCUT2D eigenvalue weighted by molar-refractivity contribution is 0.0914. The van der Waals surface area contributed by atoms with Gasteiger partial charge >= 0.3 is 0 Å². The lowest BCUT2D eigenvalue weighted by Gasteiger charge is -2.20. The van der Waals surface area contributed by atoms with Gasteiger partial charge in [-0.15, -0.1) is 0 Å². The summed E-state index contributed by atoms with van der Waals surface area (Å²) in [6.07, 6.45) is 2.53. The molecule has 1 aromatic heterocycles. The van der Waals surface area contributed by atoms with Gasteiger partial charge in [-0.2, -0.15) is 0 Å². The number of carbonyl (C=O) groups excluding carboxylic acids is 1. The highest BCUT2D eigenvalue weighted by Gasteiger charge is 2.18. The summed E-state index contributed by atoms with van der Waals surface area (Å²) in [6.45, 7) is 9.88. The van der Waals surface area contributed by atoms with E-state index < -0.39 is 0 Å². The number of hydrogen-bond acceptors (Lipinski definition) is 5. The van der Waals surface area contributed by atoms with Crippen LogP contribution in [0.2, 0.25) is 0 Å². The van der Waals surface area contributed by atoms with E-state index in [1.807, 2.05) is 32.9 Å². The quantitative estimate of drug-likeness (QED) is 0.878. The summed E-state index contributed by atoms with van der Waals surface area (Å²) in [5.41, 5.74) is 2.24. The first kappa shape index (κ1) is 18.2. The fourth-order valence-electron chi connectivity index (χ4n) is 3.03. The van der Waals surface area contributed by atoms with Crippen molar-refractivity contribution in [3.63, 3.8) is 0 Å². The van der Waals surface area contributed by atoms with Crippen LogP contribution in [0.25, 0.3) is 0 Å². The van der Waals surface area contributed by atoms with Crippen LogP contribution in [0.15, 0.2) is 30.3 Å². The number of benzene rings is 1. The van der Waals surface area contributed by atoms with Crippen molar-refractivity contribution in [2.24, 2.45) is 0 Å². The molecule has 0 bridgehead atoms. The van der Waals surface area contributed by atoms with Gasteiger partial charge in [-0.05, 0) is 64.8 Å². The van der Waals surface area contributed by atoms with Gasteiger partial charge in [0.25, 0.3) is 5.91 Å². The number of rotatable bonds is 4. The summed E-state index contributed by atoms with van der Waals surface area (Å²) in [6, 6.07) is 10.0. The zero-order chi connectivity index (χ0) is 18.7. The molecule has 1 saturated heterocycles. The molecule has 0 spiro atoms. The predicted molar refractivity (Wildman–Crippen MR) is 105 cm³/mol. The Morgan fingerprint density at radius 2 is 1.73 bits per heavy atom. The van der Waals surface area contributed by atoms with Crippen LogP contribution in [0.3, 0.4) is 0 Å². The van der Waals surface area contributed by atoms with Gasteiger partial charge in [0, 0.05) is 36.1 Å². The highest BCUT2D eigenvalue weighted by Crippen LogP contribution is 2.23. The van der Waals surface area contributed by atoms with Crippen molar-refractivity contribution in [3.05, 3.63) is 41.9 Å². The van der Waals surface area contributed by atoms with E-state index in [0.29, 0.717) is 17.3 Å². The second kappa shape index (κ2) is 7.32. The van der Waals surface area contributed by atoms with Crippen molar-refractivity contribution in [2.45, 2.75) is 46.1 Å². The highest BCUT2D eigenvalue weighted by molar-refractivity contribution is 5.93. The molecule has 6 nitrogen and oxygen atoms in total. The minimum absolute atomic E-state index is 0.199. The lowest BCUT2D eigenvalue weighted by Crippen LogP contribution is -2.41. The third-order valence-corrected chi connectivity index (χ3v) is 4.17. The van der Waals surface area contributed by atoms with Crippen LogP contribution < -0.4 is 15.5 Å². The standard InChI is InChI=1S/C20H27N5O/c1-14-21-17(19(26)24-20(2,3)4)13-18(22-14)23-15-7-9-16(10-8-15)25-11-5-6-12-25/h7-10,13H,5-6,11-12H2,1-4H3,(H,24,26)(H,21,22,23). The van der Waals surface area contributed by atoms with Crippen LogP contribution in [-0.4, -0.2) is 34.5 Å². The molecule has 1 aliphatic heterocycles. The zero-order valence-corrected chi connectivity index (χ0v) is 16.0. The van der Waals surface area contributed by atoms with Crippen molar-refractivity contribution in [3.8, 4) is 0 Å². The number of aryl methyl sites for hydroxylation is 1. The predicted octanol–water partition coefficient (Wildman–Crippen LogP) is 3.66. The molecule has 138 valence electrons. The second-order valence-electron chi connectivity index (χ2n) is 7.76. The largest absolute Gasteiger partial charge is 0.372 e. The average Bonchev–Trinajstić information content (AvgIpc) is 3.08. The minimum atomic E-state index is -0.311. The molecule has 0 atom stereocenters. The van der Waals surface area contributed by atoms with Gasteiger partial charge in [0.2, 0.25) is 0 Å². The molecule has 0 unspecified atom stereocenters. The Hall–Kier alpha value is -2.63. The highest BCUT2D eigenvalue weighted by atomic mass is 16.2. The maximum atomic E-state index is 12.4. The van der Waals surface area contributed by atoms with Crippen molar-refractivity contribution in [1.82, 2.24) is 15.3 Å². The molecular weight excluding hydrogens is 326 g/mol. The van der Waals surface area contributed by atoms with Crippen LogP contribution in [0, 0.1) is 6.92 Å². The first-order valence-corrected chi connectivity index (χ1v) is 9.10. The molecule has 0 saturated carbocycles. The van der Waals surface area contributed by atoms with E-state index in [2.05, 4.69) is 37.6 Å². The van der Waals surface area contributed by atoms with Crippen LogP contribution >= 0.6 is 0 Å². The number of aromatic nitrogens is 2. The first-order valence-electron chi connectivity index (χ1n) is 9.10. The van der Waals surface area contributed by atoms with Crippen molar-refractivity contribution in [1.29, 1.82) is 0 Å². The van der Waals surface area contributed by atoms with E-state index in [4.69, 9.17) is 0 Å². The second-order valence-corrected chi connectivity index (χ2v) is 7.76. The van der Waals surface area contributed by atoms with Crippen LogP contribution in [0.1, 0.15) is 49.9 Å². The average molecular weight is 353 g/mol. The SMILES string of the molecule is Cc1nc(Nc2ccc(N3CCCC3)cc2)cc(C(=O)NC(C)(C)C)n1. The summed E-state index contributed by atoms with van der Waals surface area (Å²) >= 11 is 0. The maximum absolute atomic E-state index is 12.4. The van der Waals surface area contributed by atoms with Crippen LogP contribution in [0.5, 0.6) is 0 Å². The Bertz CT molecular complexity index is 774. The van der Waals surface area contributed by atoms with Crippen molar-refractivity contribution < 1.29 is 4.79 Å². The molecule has 2 aromatic rings. The fourth-order valence-corrected chi connectivity index (χ4v) is 3.03. The van der Waals surface area contributed by atoms with Crippen molar-refractivity contribution in [2.75, 3.05) is 23.3 Å². The summed E-state index contributed by atoms with van der Waals surface area (Å²) in [5, 5.41) is 6.20. The molecule has 26 heavy (non-hydrogen) atoms. The number of nitrogens with one attached hydrogen (secondary N) is 2. The Morgan fingerprint density at radius 1 is 1.08 bits per heavy atom. The molecule has 1 fully saturated rings.